The smallest absolute Gasteiger partial charge is 0.251 e. The fourth-order valence-corrected chi connectivity index (χ4v) is 2.49. The van der Waals surface area contributed by atoms with Crippen LogP contribution in [0.4, 0.5) is 0 Å². The van der Waals surface area contributed by atoms with E-state index < -0.39 is 0 Å². The molecule has 0 saturated carbocycles. The van der Waals surface area contributed by atoms with Crippen molar-refractivity contribution in [2.75, 3.05) is 33.8 Å². The molecule has 0 aliphatic heterocycles. The molecule has 0 atom stereocenters. The molecule has 146 valence electrons. The van der Waals surface area contributed by atoms with Crippen molar-refractivity contribution in [1.29, 1.82) is 0 Å². The maximum absolute atomic E-state index is 12.0. The number of ether oxygens (including phenoxy) is 1. The molecule has 6 nitrogen and oxygen atoms in total. The fraction of sp³-hybridized carbons (Fsp3) is 0.300. The third-order valence-corrected chi connectivity index (χ3v) is 3.84. The van der Waals surface area contributed by atoms with Crippen LogP contribution in [-0.4, -0.2) is 45.7 Å². The highest BCUT2D eigenvalue weighted by atomic mass is 127. The van der Waals surface area contributed by atoms with Gasteiger partial charge in [0.1, 0.15) is 5.75 Å². The summed E-state index contributed by atoms with van der Waals surface area (Å²) in [6.45, 7) is 1.84. The third kappa shape index (κ3) is 7.86. The number of guanidine groups is 1. The molecule has 2 aromatic carbocycles. The minimum Gasteiger partial charge on any atom is -0.496 e. The maximum atomic E-state index is 12.0. The highest BCUT2D eigenvalue weighted by Crippen LogP contribution is 2.17. The van der Waals surface area contributed by atoms with Crippen LogP contribution in [0.1, 0.15) is 15.9 Å². The Morgan fingerprint density at radius 3 is 2.26 bits per heavy atom. The van der Waals surface area contributed by atoms with Crippen molar-refractivity contribution in [2.45, 2.75) is 6.42 Å². The molecule has 0 spiro atoms. The first-order valence-electron chi connectivity index (χ1n) is 8.64. The van der Waals surface area contributed by atoms with Gasteiger partial charge in [-0.05, 0) is 30.2 Å². The maximum Gasteiger partial charge on any atom is 0.251 e. The Morgan fingerprint density at radius 1 is 0.926 bits per heavy atom. The number of rotatable bonds is 8. The van der Waals surface area contributed by atoms with Crippen LogP contribution in [0.2, 0.25) is 0 Å². The number of hydrogen-bond donors (Lipinski definition) is 3. The molecule has 0 bridgehead atoms. The number of carbonyl (C=O) groups is 1. The second kappa shape index (κ2) is 13.0. The average Bonchev–Trinajstić information content (AvgIpc) is 2.70. The number of methoxy groups -OCH3 is 1. The van der Waals surface area contributed by atoms with Crippen LogP contribution < -0.4 is 20.7 Å². The Hall–Kier alpha value is -2.29. The summed E-state index contributed by atoms with van der Waals surface area (Å²) < 4.78 is 5.35. The van der Waals surface area contributed by atoms with Crippen molar-refractivity contribution in [1.82, 2.24) is 16.0 Å². The number of nitrogens with one attached hydrogen (secondary N) is 3. The minimum absolute atomic E-state index is 0. The SMILES string of the molecule is CN=C(NCCNC(=O)c1ccccc1)NCCc1ccccc1OC.I. The lowest BCUT2D eigenvalue weighted by Crippen LogP contribution is -2.42. The zero-order valence-corrected chi connectivity index (χ0v) is 18.0. The molecule has 0 fully saturated rings. The zero-order chi connectivity index (χ0) is 18.6. The van der Waals surface area contributed by atoms with Gasteiger partial charge in [-0.25, -0.2) is 0 Å². The first-order chi connectivity index (χ1) is 12.7. The minimum atomic E-state index is -0.0773. The summed E-state index contributed by atoms with van der Waals surface area (Å²) >= 11 is 0. The number of carbonyl (C=O) groups excluding carboxylic acids is 1. The molecule has 2 rings (SSSR count). The van der Waals surface area contributed by atoms with E-state index in [1.54, 1.807) is 26.3 Å². The average molecular weight is 482 g/mol. The standard InChI is InChI=1S/C20H26N4O2.HI/c1-21-20(23-13-12-16-8-6-7-11-18(16)26-2)24-15-14-22-19(25)17-9-4-3-5-10-17;/h3-11H,12-15H2,1-2H3,(H,22,25)(H2,21,23,24);1H. The van der Waals surface area contributed by atoms with Crippen LogP contribution in [0.25, 0.3) is 0 Å². The number of para-hydroxylation sites is 1. The molecule has 0 heterocycles. The van der Waals surface area contributed by atoms with Crippen LogP contribution >= 0.6 is 24.0 Å². The van der Waals surface area contributed by atoms with Gasteiger partial charge in [-0.1, -0.05) is 36.4 Å². The molecule has 27 heavy (non-hydrogen) atoms. The highest BCUT2D eigenvalue weighted by Gasteiger charge is 2.04. The van der Waals surface area contributed by atoms with Crippen molar-refractivity contribution in [3.8, 4) is 5.75 Å². The lowest BCUT2D eigenvalue weighted by atomic mass is 10.1. The predicted octanol–water partition coefficient (Wildman–Crippen LogP) is 2.45. The molecular weight excluding hydrogens is 455 g/mol. The van der Waals surface area contributed by atoms with Crippen molar-refractivity contribution in [3.05, 3.63) is 65.7 Å². The van der Waals surface area contributed by atoms with Crippen LogP contribution in [0, 0.1) is 0 Å². The summed E-state index contributed by atoms with van der Waals surface area (Å²) in [5.74, 6) is 1.52. The molecule has 0 radical (unpaired) electrons. The molecule has 0 aliphatic rings. The lowest BCUT2D eigenvalue weighted by Gasteiger charge is -2.13. The summed E-state index contributed by atoms with van der Waals surface area (Å²) in [6.07, 6.45) is 0.829. The van der Waals surface area contributed by atoms with Crippen molar-refractivity contribution in [2.24, 2.45) is 4.99 Å². The number of benzene rings is 2. The molecule has 7 heteroatoms. The molecule has 2 aromatic rings. The van der Waals surface area contributed by atoms with Crippen LogP contribution in [0.15, 0.2) is 59.6 Å². The number of hydrogen-bond acceptors (Lipinski definition) is 3. The summed E-state index contributed by atoms with van der Waals surface area (Å²) in [6, 6.07) is 17.1. The van der Waals surface area contributed by atoms with Gasteiger partial charge < -0.3 is 20.7 Å². The van der Waals surface area contributed by atoms with E-state index in [2.05, 4.69) is 27.0 Å². The first kappa shape index (κ1) is 22.8. The van der Waals surface area contributed by atoms with E-state index in [-0.39, 0.29) is 29.9 Å². The molecule has 0 aliphatic carbocycles. The van der Waals surface area contributed by atoms with E-state index in [4.69, 9.17) is 4.74 Å². The highest BCUT2D eigenvalue weighted by molar-refractivity contribution is 14.0. The molecular formula is C20H27IN4O2. The van der Waals surface area contributed by atoms with Gasteiger partial charge in [-0.2, -0.15) is 0 Å². The molecule has 0 unspecified atom stereocenters. The lowest BCUT2D eigenvalue weighted by molar-refractivity contribution is 0.0954. The fourth-order valence-electron chi connectivity index (χ4n) is 2.49. The first-order valence-corrected chi connectivity index (χ1v) is 8.64. The van der Waals surface area contributed by atoms with Gasteiger partial charge in [0, 0.05) is 32.2 Å². The molecule has 3 N–H and O–H groups in total. The molecule has 1 amide bonds. The summed E-state index contributed by atoms with van der Waals surface area (Å²) in [4.78, 5) is 16.1. The Bertz CT molecular complexity index is 723. The van der Waals surface area contributed by atoms with E-state index in [1.807, 2.05) is 36.4 Å². The van der Waals surface area contributed by atoms with Gasteiger partial charge >= 0.3 is 0 Å². The van der Waals surface area contributed by atoms with E-state index in [0.717, 1.165) is 24.3 Å². The molecule has 0 saturated heterocycles. The number of aliphatic imine (C=N–C) groups is 1. The zero-order valence-electron chi connectivity index (χ0n) is 15.7. The normalized spacial score (nSPS) is 10.5. The van der Waals surface area contributed by atoms with E-state index >= 15 is 0 Å². The van der Waals surface area contributed by atoms with Crippen LogP contribution in [0.5, 0.6) is 5.75 Å². The monoisotopic (exact) mass is 482 g/mol. The second-order valence-corrected chi connectivity index (χ2v) is 5.61. The van der Waals surface area contributed by atoms with Gasteiger partial charge in [0.15, 0.2) is 5.96 Å². The Balaban J connectivity index is 0.00000364. The van der Waals surface area contributed by atoms with Gasteiger partial charge in [0.05, 0.1) is 7.11 Å². The Labute approximate surface area is 177 Å². The van der Waals surface area contributed by atoms with E-state index in [9.17, 15) is 4.79 Å². The van der Waals surface area contributed by atoms with Gasteiger partial charge in [0.2, 0.25) is 0 Å². The van der Waals surface area contributed by atoms with Crippen molar-refractivity contribution < 1.29 is 9.53 Å². The summed E-state index contributed by atoms with van der Waals surface area (Å²) in [5.41, 5.74) is 1.81. The van der Waals surface area contributed by atoms with Gasteiger partial charge in [-0.3, -0.25) is 9.79 Å². The number of amides is 1. The third-order valence-electron chi connectivity index (χ3n) is 3.84. The summed E-state index contributed by atoms with van der Waals surface area (Å²) in [7, 11) is 3.40. The van der Waals surface area contributed by atoms with Crippen LogP contribution in [0.3, 0.4) is 0 Å². The Kier molecular flexibility index (Phi) is 10.9. The van der Waals surface area contributed by atoms with E-state index in [1.165, 1.54) is 0 Å². The van der Waals surface area contributed by atoms with Gasteiger partial charge in [-0.15, -0.1) is 24.0 Å². The van der Waals surface area contributed by atoms with E-state index in [0.29, 0.717) is 24.6 Å². The Morgan fingerprint density at radius 2 is 1.56 bits per heavy atom. The second-order valence-electron chi connectivity index (χ2n) is 5.61. The molecule has 0 aromatic heterocycles. The quantitative estimate of drug-likeness (QED) is 0.234. The summed E-state index contributed by atoms with van der Waals surface area (Å²) in [5, 5.41) is 9.32. The van der Waals surface area contributed by atoms with Crippen LogP contribution in [-0.2, 0) is 6.42 Å². The number of halogens is 1. The van der Waals surface area contributed by atoms with Crippen molar-refractivity contribution >= 4 is 35.8 Å². The largest absolute Gasteiger partial charge is 0.496 e. The number of nitrogens with zero attached hydrogens (tertiary/aromatic N) is 1. The van der Waals surface area contributed by atoms with Gasteiger partial charge in [0.25, 0.3) is 5.91 Å². The van der Waals surface area contributed by atoms with Crippen molar-refractivity contribution in [3.63, 3.8) is 0 Å². The topological polar surface area (TPSA) is 74.8 Å². The predicted molar refractivity (Wildman–Crippen MR) is 120 cm³/mol.